The number of hydrogen-bond donors (Lipinski definition) is 1. The summed E-state index contributed by atoms with van der Waals surface area (Å²) in [6.45, 7) is 0.183. The third-order valence-corrected chi connectivity index (χ3v) is 4.59. The quantitative estimate of drug-likeness (QED) is 0.588. The van der Waals surface area contributed by atoms with Crippen LogP contribution in [0.25, 0.3) is 0 Å². The Morgan fingerprint density at radius 2 is 2.22 bits per heavy atom. The number of nitrogens with one attached hydrogen (secondary N) is 1. The standard InChI is InChI=1S/C20H23FN2O4/c21-16-8-4-7-15(11-16)17-12-18(27-23-17)20(25)26-13-19(24)22-10-9-14-5-2-1-3-6-14/h4-5,7-8,11,18H,1-3,6,9-10,12-13H2,(H,22,24). The van der Waals surface area contributed by atoms with E-state index < -0.39 is 12.1 Å². The molecule has 1 aromatic rings. The minimum absolute atomic E-state index is 0.179. The van der Waals surface area contributed by atoms with E-state index in [0.29, 0.717) is 17.8 Å². The lowest BCUT2D eigenvalue weighted by molar-refractivity contribution is -0.158. The molecular formula is C20H23FN2O4. The first-order valence-corrected chi connectivity index (χ1v) is 9.21. The number of benzene rings is 1. The summed E-state index contributed by atoms with van der Waals surface area (Å²) < 4.78 is 18.3. The Hall–Kier alpha value is -2.70. The number of halogens is 1. The van der Waals surface area contributed by atoms with E-state index in [2.05, 4.69) is 16.5 Å². The molecule has 27 heavy (non-hydrogen) atoms. The summed E-state index contributed by atoms with van der Waals surface area (Å²) in [6, 6.07) is 5.90. The zero-order valence-electron chi connectivity index (χ0n) is 15.1. The summed E-state index contributed by atoms with van der Waals surface area (Å²) in [5, 5.41) is 6.57. The molecule has 3 rings (SSSR count). The molecule has 1 N–H and O–H groups in total. The minimum atomic E-state index is -0.913. The van der Waals surface area contributed by atoms with Crippen LogP contribution in [0.3, 0.4) is 0 Å². The lowest BCUT2D eigenvalue weighted by Gasteiger charge is -2.13. The van der Waals surface area contributed by atoms with E-state index in [0.717, 1.165) is 19.3 Å². The van der Waals surface area contributed by atoms with Gasteiger partial charge >= 0.3 is 5.97 Å². The lowest BCUT2D eigenvalue weighted by Crippen LogP contribution is -2.32. The Balaban J connectivity index is 1.36. The van der Waals surface area contributed by atoms with Gasteiger partial charge in [-0.2, -0.15) is 0 Å². The second-order valence-corrected chi connectivity index (χ2v) is 6.66. The number of allylic oxidation sites excluding steroid dienone is 1. The Bertz CT molecular complexity index is 760. The first-order chi connectivity index (χ1) is 13.1. The molecule has 0 saturated carbocycles. The summed E-state index contributed by atoms with van der Waals surface area (Å²) >= 11 is 0. The minimum Gasteiger partial charge on any atom is -0.453 e. The van der Waals surface area contributed by atoms with Crippen LogP contribution in [0.5, 0.6) is 0 Å². The number of hydrogen-bond acceptors (Lipinski definition) is 5. The van der Waals surface area contributed by atoms with Gasteiger partial charge in [-0.15, -0.1) is 0 Å². The number of amides is 1. The van der Waals surface area contributed by atoms with Crippen molar-refractivity contribution in [2.45, 2.75) is 44.6 Å². The maximum Gasteiger partial charge on any atom is 0.351 e. The Kier molecular flexibility index (Phi) is 6.57. The molecule has 0 bridgehead atoms. The van der Waals surface area contributed by atoms with Crippen molar-refractivity contribution in [1.82, 2.24) is 5.32 Å². The van der Waals surface area contributed by atoms with Crippen LogP contribution in [0.15, 0.2) is 41.1 Å². The van der Waals surface area contributed by atoms with Crippen molar-refractivity contribution in [3.8, 4) is 0 Å². The summed E-state index contributed by atoms with van der Waals surface area (Å²) in [5.74, 6) is -1.39. The molecule has 1 aliphatic carbocycles. The summed E-state index contributed by atoms with van der Waals surface area (Å²) in [6.07, 6.45) is 6.98. The maximum absolute atomic E-state index is 13.3. The van der Waals surface area contributed by atoms with E-state index >= 15 is 0 Å². The molecule has 0 spiro atoms. The first-order valence-electron chi connectivity index (χ1n) is 9.21. The van der Waals surface area contributed by atoms with Crippen LogP contribution in [-0.2, 0) is 19.2 Å². The molecule has 1 unspecified atom stereocenters. The van der Waals surface area contributed by atoms with Gasteiger partial charge in [-0.05, 0) is 44.2 Å². The Labute approximate surface area is 157 Å². The second kappa shape index (κ2) is 9.30. The third-order valence-electron chi connectivity index (χ3n) is 4.59. The monoisotopic (exact) mass is 374 g/mol. The van der Waals surface area contributed by atoms with E-state index in [-0.39, 0.29) is 24.8 Å². The maximum atomic E-state index is 13.3. The highest BCUT2D eigenvalue weighted by molar-refractivity contribution is 6.03. The molecule has 1 amide bonds. The van der Waals surface area contributed by atoms with Crippen molar-refractivity contribution < 1.29 is 23.6 Å². The van der Waals surface area contributed by atoms with E-state index in [9.17, 15) is 14.0 Å². The van der Waals surface area contributed by atoms with Gasteiger partial charge in [-0.25, -0.2) is 9.18 Å². The second-order valence-electron chi connectivity index (χ2n) is 6.66. The molecule has 0 saturated heterocycles. The van der Waals surface area contributed by atoms with E-state index in [1.807, 2.05) is 0 Å². The molecule has 1 aromatic carbocycles. The predicted octanol–water partition coefficient (Wildman–Crippen LogP) is 2.87. The molecule has 7 heteroatoms. The van der Waals surface area contributed by atoms with Gasteiger partial charge in [0.05, 0.1) is 5.71 Å². The van der Waals surface area contributed by atoms with Crippen molar-refractivity contribution in [1.29, 1.82) is 0 Å². The van der Waals surface area contributed by atoms with E-state index in [1.165, 1.54) is 30.5 Å². The molecule has 1 atom stereocenters. The number of nitrogens with zero attached hydrogens (tertiary/aromatic N) is 1. The first kappa shape index (κ1) is 19.1. The average molecular weight is 374 g/mol. The smallest absolute Gasteiger partial charge is 0.351 e. The molecule has 0 radical (unpaired) electrons. The van der Waals surface area contributed by atoms with Crippen molar-refractivity contribution >= 4 is 17.6 Å². The fraction of sp³-hybridized carbons (Fsp3) is 0.450. The molecule has 6 nitrogen and oxygen atoms in total. The normalized spacial score (nSPS) is 18.9. The highest BCUT2D eigenvalue weighted by Gasteiger charge is 2.30. The van der Waals surface area contributed by atoms with Crippen molar-refractivity contribution in [2.75, 3.05) is 13.2 Å². The SMILES string of the molecule is O=C(COC(=O)C1CC(c2cccc(F)c2)=NO1)NCCC1=CCCCC1. The van der Waals surface area contributed by atoms with Crippen LogP contribution in [0.4, 0.5) is 4.39 Å². The largest absolute Gasteiger partial charge is 0.453 e. The molecular weight excluding hydrogens is 351 g/mol. The molecule has 144 valence electrons. The van der Waals surface area contributed by atoms with Crippen LogP contribution in [0.1, 0.15) is 44.1 Å². The summed E-state index contributed by atoms with van der Waals surface area (Å²) in [4.78, 5) is 28.9. The molecule has 1 aliphatic heterocycles. The number of oxime groups is 1. The molecule has 1 heterocycles. The number of carbonyl (C=O) groups excluding carboxylic acids is 2. The Morgan fingerprint density at radius 1 is 1.33 bits per heavy atom. The van der Waals surface area contributed by atoms with Crippen molar-refractivity contribution in [3.63, 3.8) is 0 Å². The lowest BCUT2D eigenvalue weighted by atomic mass is 9.97. The highest BCUT2D eigenvalue weighted by atomic mass is 19.1. The Morgan fingerprint density at radius 3 is 3.00 bits per heavy atom. The zero-order chi connectivity index (χ0) is 19.1. The van der Waals surface area contributed by atoms with Gasteiger partial charge in [-0.1, -0.05) is 28.9 Å². The van der Waals surface area contributed by atoms with Gasteiger partial charge < -0.3 is 14.9 Å². The van der Waals surface area contributed by atoms with Gasteiger partial charge in [0.15, 0.2) is 6.61 Å². The van der Waals surface area contributed by atoms with Crippen LogP contribution >= 0.6 is 0 Å². The van der Waals surface area contributed by atoms with Gasteiger partial charge in [0, 0.05) is 18.5 Å². The van der Waals surface area contributed by atoms with Crippen LogP contribution in [-0.4, -0.2) is 36.8 Å². The van der Waals surface area contributed by atoms with E-state index in [1.54, 1.807) is 12.1 Å². The predicted molar refractivity (Wildman–Crippen MR) is 97.6 cm³/mol. The zero-order valence-corrected chi connectivity index (χ0v) is 15.1. The molecule has 2 aliphatic rings. The summed E-state index contributed by atoms with van der Waals surface area (Å²) in [5.41, 5.74) is 2.40. The fourth-order valence-electron chi connectivity index (χ4n) is 3.12. The van der Waals surface area contributed by atoms with Gasteiger partial charge in [0.1, 0.15) is 5.82 Å². The number of ether oxygens (including phenoxy) is 1. The highest BCUT2D eigenvalue weighted by Crippen LogP contribution is 2.20. The van der Waals surface area contributed by atoms with Crippen LogP contribution in [0.2, 0.25) is 0 Å². The van der Waals surface area contributed by atoms with Crippen LogP contribution in [0, 0.1) is 5.82 Å². The molecule has 0 fully saturated rings. The van der Waals surface area contributed by atoms with Gasteiger partial charge in [0.2, 0.25) is 6.10 Å². The van der Waals surface area contributed by atoms with Gasteiger partial charge in [0.25, 0.3) is 5.91 Å². The van der Waals surface area contributed by atoms with Crippen LogP contribution < -0.4 is 5.32 Å². The number of esters is 1. The van der Waals surface area contributed by atoms with Crippen molar-refractivity contribution in [2.24, 2.45) is 5.16 Å². The van der Waals surface area contributed by atoms with Gasteiger partial charge in [-0.3, -0.25) is 4.79 Å². The number of carbonyl (C=O) groups is 2. The topological polar surface area (TPSA) is 77.0 Å². The van der Waals surface area contributed by atoms with Crippen molar-refractivity contribution in [3.05, 3.63) is 47.3 Å². The van der Waals surface area contributed by atoms with E-state index in [4.69, 9.17) is 9.57 Å². The fourth-order valence-corrected chi connectivity index (χ4v) is 3.12. The molecule has 0 aromatic heterocycles. The average Bonchev–Trinajstić information content (AvgIpc) is 3.17. The summed E-state index contributed by atoms with van der Waals surface area (Å²) in [7, 11) is 0. The number of rotatable bonds is 7. The third kappa shape index (κ3) is 5.64.